The molecule has 1 saturated heterocycles. The molecule has 0 saturated carbocycles. The minimum absolute atomic E-state index is 0.0476. The maximum Gasteiger partial charge on any atom is 0.296 e. The van der Waals surface area contributed by atoms with Crippen molar-refractivity contribution >= 4 is 32.7 Å². The highest BCUT2D eigenvalue weighted by Gasteiger charge is 2.29. The molecule has 0 N–H and O–H groups in total. The second-order valence-corrected chi connectivity index (χ2v) is 9.24. The number of carbonyl (C=O) groups is 1. The molecule has 0 atom stereocenters. The maximum atomic E-state index is 13.5. The molecule has 3 heterocycles. The van der Waals surface area contributed by atoms with E-state index in [0.29, 0.717) is 47.7 Å². The Morgan fingerprint density at radius 1 is 0.968 bits per heavy atom. The van der Waals surface area contributed by atoms with Gasteiger partial charge in [-0.15, -0.1) is 10.2 Å². The number of benzene rings is 2. The van der Waals surface area contributed by atoms with E-state index in [0.717, 1.165) is 6.07 Å². The Bertz CT molecular complexity index is 1340. The second kappa shape index (κ2) is 7.52. The molecular formula is C20H17FN6O3S. The van der Waals surface area contributed by atoms with E-state index >= 15 is 0 Å². The molecule has 2 aliphatic rings. The van der Waals surface area contributed by atoms with E-state index in [1.54, 1.807) is 18.2 Å². The molecule has 0 radical (unpaired) electrons. The van der Waals surface area contributed by atoms with Gasteiger partial charge in [0.15, 0.2) is 5.82 Å². The first kappa shape index (κ1) is 19.8. The van der Waals surface area contributed by atoms with Crippen molar-refractivity contribution in [1.82, 2.24) is 19.2 Å². The zero-order valence-electron chi connectivity index (χ0n) is 16.3. The van der Waals surface area contributed by atoms with Gasteiger partial charge in [-0.1, -0.05) is 12.1 Å². The topological polar surface area (TPSA) is 108 Å². The number of azo groups is 1. The molecule has 0 spiro atoms. The SMILES string of the molecule is O=C1N=Nc2nc(CN3CCN(S(=O)(=O)c4cccc(F)c4)CC3)nc3cccc1c23. The van der Waals surface area contributed by atoms with E-state index in [1.807, 2.05) is 4.90 Å². The minimum Gasteiger partial charge on any atom is -0.293 e. The van der Waals surface area contributed by atoms with Crippen LogP contribution in [0.15, 0.2) is 57.6 Å². The summed E-state index contributed by atoms with van der Waals surface area (Å²) in [5.74, 6) is -0.110. The van der Waals surface area contributed by atoms with E-state index in [2.05, 4.69) is 20.2 Å². The molecule has 0 unspecified atom stereocenters. The van der Waals surface area contributed by atoms with Gasteiger partial charge in [-0.2, -0.15) is 4.31 Å². The van der Waals surface area contributed by atoms with E-state index in [-0.39, 0.29) is 18.0 Å². The van der Waals surface area contributed by atoms with Gasteiger partial charge >= 0.3 is 0 Å². The van der Waals surface area contributed by atoms with E-state index in [4.69, 9.17) is 0 Å². The molecule has 1 fully saturated rings. The fourth-order valence-electron chi connectivity index (χ4n) is 3.78. The number of aromatic nitrogens is 2. The van der Waals surface area contributed by atoms with Crippen LogP contribution in [0.5, 0.6) is 0 Å². The molecule has 5 rings (SSSR count). The normalized spacial score (nSPS) is 17.4. The summed E-state index contributed by atoms with van der Waals surface area (Å²) in [6.07, 6.45) is 0. The van der Waals surface area contributed by atoms with E-state index in [1.165, 1.54) is 22.5 Å². The van der Waals surface area contributed by atoms with Gasteiger partial charge in [0.25, 0.3) is 5.91 Å². The highest BCUT2D eigenvalue weighted by Crippen LogP contribution is 2.31. The number of sulfonamides is 1. The number of carbonyl (C=O) groups excluding carboxylic acids is 1. The molecule has 3 aromatic rings. The van der Waals surface area contributed by atoms with Gasteiger partial charge in [-0.25, -0.2) is 22.8 Å². The Labute approximate surface area is 177 Å². The van der Waals surface area contributed by atoms with Gasteiger partial charge in [-0.3, -0.25) is 9.69 Å². The Morgan fingerprint density at radius 3 is 2.52 bits per heavy atom. The number of hydrogen-bond donors (Lipinski definition) is 0. The molecule has 1 amide bonds. The summed E-state index contributed by atoms with van der Waals surface area (Å²) in [6, 6.07) is 10.2. The smallest absolute Gasteiger partial charge is 0.293 e. The van der Waals surface area contributed by atoms with Crippen molar-refractivity contribution in [3.05, 3.63) is 59.7 Å². The number of hydrogen-bond acceptors (Lipinski definition) is 7. The average molecular weight is 440 g/mol. The number of amides is 1. The number of nitrogens with zero attached hydrogens (tertiary/aromatic N) is 6. The van der Waals surface area contributed by atoms with Crippen LogP contribution in [0.4, 0.5) is 10.2 Å². The number of rotatable bonds is 4. The van der Waals surface area contributed by atoms with Crippen molar-refractivity contribution in [3.63, 3.8) is 0 Å². The third kappa shape index (κ3) is 3.60. The second-order valence-electron chi connectivity index (χ2n) is 7.31. The molecule has 31 heavy (non-hydrogen) atoms. The van der Waals surface area contributed by atoms with Crippen LogP contribution in [0.1, 0.15) is 16.2 Å². The highest BCUT2D eigenvalue weighted by atomic mass is 32.2. The number of piperazine rings is 1. The van der Waals surface area contributed by atoms with Gasteiger partial charge in [-0.05, 0) is 30.3 Å². The largest absolute Gasteiger partial charge is 0.296 e. The lowest BCUT2D eigenvalue weighted by Crippen LogP contribution is -2.48. The molecule has 1 aromatic heterocycles. The third-order valence-electron chi connectivity index (χ3n) is 5.35. The summed E-state index contributed by atoms with van der Waals surface area (Å²) < 4.78 is 40.3. The van der Waals surface area contributed by atoms with Crippen molar-refractivity contribution in [3.8, 4) is 0 Å². The highest BCUT2D eigenvalue weighted by molar-refractivity contribution is 7.89. The van der Waals surface area contributed by atoms with Crippen LogP contribution in [0, 0.1) is 5.82 Å². The summed E-state index contributed by atoms with van der Waals surface area (Å²) in [7, 11) is -3.75. The Hall–Kier alpha value is -3.15. The van der Waals surface area contributed by atoms with Crippen molar-refractivity contribution in [2.24, 2.45) is 10.2 Å². The molecule has 9 nitrogen and oxygen atoms in total. The summed E-state index contributed by atoms with van der Waals surface area (Å²) in [4.78, 5) is 22.9. The lowest BCUT2D eigenvalue weighted by molar-refractivity contribution is 0.0995. The molecule has 0 bridgehead atoms. The van der Waals surface area contributed by atoms with Crippen LogP contribution in [-0.4, -0.2) is 59.7 Å². The Balaban J connectivity index is 1.32. The predicted octanol–water partition coefficient (Wildman–Crippen LogP) is 2.51. The molecule has 11 heteroatoms. The predicted molar refractivity (Wildman–Crippen MR) is 109 cm³/mol. The van der Waals surface area contributed by atoms with E-state index in [9.17, 15) is 17.6 Å². The van der Waals surface area contributed by atoms with Crippen molar-refractivity contribution < 1.29 is 17.6 Å². The van der Waals surface area contributed by atoms with Crippen LogP contribution in [-0.2, 0) is 16.6 Å². The van der Waals surface area contributed by atoms with Gasteiger partial charge in [0.1, 0.15) is 11.6 Å². The van der Waals surface area contributed by atoms with Crippen LogP contribution in [0.25, 0.3) is 10.9 Å². The first-order valence-electron chi connectivity index (χ1n) is 9.65. The zero-order chi connectivity index (χ0) is 21.6. The first-order valence-corrected chi connectivity index (χ1v) is 11.1. The molecule has 2 aliphatic heterocycles. The summed E-state index contributed by atoms with van der Waals surface area (Å²) in [5, 5.41) is 8.15. The molecular weight excluding hydrogens is 423 g/mol. The molecule has 2 aromatic carbocycles. The fourth-order valence-corrected chi connectivity index (χ4v) is 5.24. The van der Waals surface area contributed by atoms with Gasteiger partial charge in [0, 0.05) is 26.2 Å². The quantitative estimate of drug-likeness (QED) is 0.617. The average Bonchev–Trinajstić information content (AvgIpc) is 2.76. The standard InChI is InChI=1S/C20H17FN6O3S/c21-13-3-1-4-14(11-13)31(29,30)27-9-7-26(8-10-27)12-17-22-16-6-2-5-15-18(16)19(23-17)24-25-20(15)28/h1-6,11H,7-10,12H2. The summed E-state index contributed by atoms with van der Waals surface area (Å²) >= 11 is 0. The monoisotopic (exact) mass is 440 g/mol. The van der Waals surface area contributed by atoms with Crippen molar-refractivity contribution in [2.45, 2.75) is 11.4 Å². The Kier molecular flexibility index (Phi) is 4.80. The van der Waals surface area contributed by atoms with Crippen LogP contribution >= 0.6 is 0 Å². The van der Waals surface area contributed by atoms with Crippen LogP contribution in [0.3, 0.4) is 0 Å². The van der Waals surface area contributed by atoms with Crippen molar-refractivity contribution in [2.75, 3.05) is 26.2 Å². The minimum atomic E-state index is -3.75. The van der Waals surface area contributed by atoms with Crippen molar-refractivity contribution in [1.29, 1.82) is 0 Å². The Morgan fingerprint density at radius 2 is 1.74 bits per heavy atom. The van der Waals surface area contributed by atoms with Gasteiger partial charge in [0.2, 0.25) is 10.0 Å². The lowest BCUT2D eigenvalue weighted by atomic mass is 10.1. The molecule has 0 aliphatic carbocycles. The van der Waals surface area contributed by atoms with Gasteiger partial charge in [0.05, 0.1) is 27.9 Å². The van der Waals surface area contributed by atoms with Crippen LogP contribution in [0.2, 0.25) is 0 Å². The first-order chi connectivity index (χ1) is 14.9. The summed E-state index contributed by atoms with van der Waals surface area (Å²) in [5.41, 5.74) is 1.06. The zero-order valence-corrected chi connectivity index (χ0v) is 17.1. The molecule has 158 valence electrons. The maximum absolute atomic E-state index is 13.5. The summed E-state index contributed by atoms with van der Waals surface area (Å²) in [6.45, 7) is 1.91. The van der Waals surface area contributed by atoms with Crippen LogP contribution < -0.4 is 0 Å². The third-order valence-corrected chi connectivity index (χ3v) is 7.24. The van der Waals surface area contributed by atoms with E-state index < -0.39 is 21.7 Å². The number of halogens is 1. The fraction of sp³-hybridized carbons (Fsp3) is 0.250. The lowest BCUT2D eigenvalue weighted by Gasteiger charge is -2.33. The van der Waals surface area contributed by atoms with Gasteiger partial charge < -0.3 is 0 Å².